The Labute approximate surface area is 169 Å². The topological polar surface area (TPSA) is 29.5 Å². The molecule has 0 aromatic heterocycles. The van der Waals surface area contributed by atoms with Crippen LogP contribution < -0.4 is 0 Å². The summed E-state index contributed by atoms with van der Waals surface area (Å²) in [7, 11) is 1.75. The maximum Gasteiger partial charge on any atom is 0.416 e. The van der Waals surface area contributed by atoms with Gasteiger partial charge in [0, 0.05) is 25.6 Å². The summed E-state index contributed by atoms with van der Waals surface area (Å²) in [5.74, 6) is -0.848. The van der Waals surface area contributed by atoms with E-state index in [-0.39, 0.29) is 18.6 Å². The molecule has 2 unspecified atom stereocenters. The van der Waals surface area contributed by atoms with E-state index in [0.717, 1.165) is 25.0 Å². The number of ether oxygens (including phenoxy) is 1. The van der Waals surface area contributed by atoms with Crippen LogP contribution in [0, 0.1) is 0 Å². The largest absolute Gasteiger partial charge is 0.416 e. The van der Waals surface area contributed by atoms with E-state index in [1.807, 2.05) is 18.2 Å². The molecule has 6 heteroatoms. The summed E-state index contributed by atoms with van der Waals surface area (Å²) < 4.78 is 46.0. The van der Waals surface area contributed by atoms with Crippen molar-refractivity contribution in [2.24, 2.45) is 0 Å². The van der Waals surface area contributed by atoms with Crippen LogP contribution in [0.5, 0.6) is 0 Å². The molecule has 0 aliphatic heterocycles. The number of hydrogen-bond donors (Lipinski definition) is 0. The Hall–Kier alpha value is -2.34. The highest BCUT2D eigenvalue weighted by atomic mass is 19.4. The average molecular weight is 405 g/mol. The molecule has 1 saturated carbocycles. The number of rotatable bonds is 7. The van der Waals surface area contributed by atoms with Gasteiger partial charge in [-0.1, -0.05) is 55.5 Å². The van der Waals surface area contributed by atoms with Crippen LogP contribution in [-0.2, 0) is 21.3 Å². The van der Waals surface area contributed by atoms with Crippen molar-refractivity contribution in [3.8, 4) is 0 Å². The van der Waals surface area contributed by atoms with E-state index in [2.05, 4.69) is 0 Å². The van der Waals surface area contributed by atoms with Crippen molar-refractivity contribution in [2.45, 2.75) is 50.4 Å². The van der Waals surface area contributed by atoms with Crippen LogP contribution in [0.1, 0.15) is 49.3 Å². The minimum Gasteiger partial charge on any atom is -0.360 e. The third-order valence-corrected chi connectivity index (χ3v) is 5.63. The Morgan fingerprint density at radius 2 is 1.72 bits per heavy atom. The van der Waals surface area contributed by atoms with E-state index in [1.54, 1.807) is 44.0 Å². The molecule has 1 fully saturated rings. The van der Waals surface area contributed by atoms with E-state index < -0.39 is 23.3 Å². The van der Waals surface area contributed by atoms with Gasteiger partial charge in [-0.25, -0.2) is 0 Å². The van der Waals surface area contributed by atoms with E-state index >= 15 is 0 Å². The predicted molar refractivity (Wildman–Crippen MR) is 105 cm³/mol. The number of hydrogen-bond acceptors (Lipinski definition) is 2. The Bertz CT molecular complexity index is 849. The van der Waals surface area contributed by atoms with Crippen molar-refractivity contribution in [2.75, 3.05) is 13.7 Å². The van der Waals surface area contributed by atoms with E-state index in [4.69, 9.17) is 4.74 Å². The van der Waals surface area contributed by atoms with Gasteiger partial charge in [0.2, 0.25) is 0 Å². The SMILES string of the molecule is CCOC(C(=O)N(C)C1CC1)(c1ccccc1)C(C)c1cccc(C(F)(F)F)c1. The fourth-order valence-corrected chi connectivity index (χ4v) is 3.85. The third kappa shape index (κ3) is 4.17. The maximum atomic E-state index is 13.7. The zero-order chi connectivity index (χ0) is 21.2. The van der Waals surface area contributed by atoms with Gasteiger partial charge in [-0.2, -0.15) is 13.2 Å². The lowest BCUT2D eigenvalue weighted by atomic mass is 9.76. The molecule has 3 nitrogen and oxygen atoms in total. The van der Waals surface area contributed by atoms with Crippen molar-refractivity contribution in [1.29, 1.82) is 0 Å². The normalized spacial score (nSPS) is 17.4. The fraction of sp³-hybridized carbons (Fsp3) is 0.435. The summed E-state index contributed by atoms with van der Waals surface area (Å²) in [6, 6.07) is 14.4. The lowest BCUT2D eigenvalue weighted by Gasteiger charge is -2.41. The Morgan fingerprint density at radius 1 is 1.10 bits per heavy atom. The quantitative estimate of drug-likeness (QED) is 0.621. The average Bonchev–Trinajstić information content (AvgIpc) is 3.56. The minimum atomic E-state index is -4.45. The molecule has 29 heavy (non-hydrogen) atoms. The van der Waals surface area contributed by atoms with Crippen LogP contribution >= 0.6 is 0 Å². The summed E-state index contributed by atoms with van der Waals surface area (Å²) in [6.45, 7) is 3.81. The van der Waals surface area contributed by atoms with Crippen molar-refractivity contribution in [3.63, 3.8) is 0 Å². The first-order valence-electron chi connectivity index (χ1n) is 9.85. The van der Waals surface area contributed by atoms with Crippen LogP contribution in [0.15, 0.2) is 54.6 Å². The molecule has 2 atom stereocenters. The summed E-state index contributed by atoms with van der Waals surface area (Å²) in [6.07, 6.45) is -2.60. The molecular formula is C23H26F3NO2. The number of likely N-dealkylation sites (N-methyl/N-ethyl adjacent to an activating group) is 1. The van der Waals surface area contributed by atoms with E-state index in [1.165, 1.54) is 6.07 Å². The molecule has 1 amide bonds. The molecule has 3 rings (SSSR count). The zero-order valence-corrected chi connectivity index (χ0v) is 16.9. The van der Waals surface area contributed by atoms with Crippen molar-refractivity contribution in [1.82, 2.24) is 4.90 Å². The molecule has 0 radical (unpaired) electrons. The Kier molecular flexibility index (Phi) is 6.03. The fourth-order valence-electron chi connectivity index (χ4n) is 3.85. The first-order valence-corrected chi connectivity index (χ1v) is 9.85. The summed E-state index contributed by atoms with van der Waals surface area (Å²) in [4.78, 5) is 15.4. The molecular weight excluding hydrogens is 379 g/mol. The van der Waals surface area contributed by atoms with Gasteiger partial charge >= 0.3 is 6.18 Å². The van der Waals surface area contributed by atoms with Gasteiger partial charge in [-0.15, -0.1) is 0 Å². The van der Waals surface area contributed by atoms with Crippen molar-refractivity contribution in [3.05, 3.63) is 71.3 Å². The van der Waals surface area contributed by atoms with Gasteiger partial charge in [-0.05, 0) is 37.0 Å². The number of halogens is 3. The standard InChI is InChI=1S/C23H26F3NO2/c1-4-29-22(18-10-6-5-7-11-18,21(28)27(3)20-13-14-20)16(2)17-9-8-12-19(15-17)23(24,25)26/h5-12,15-16,20H,4,13-14H2,1-3H3. The predicted octanol–water partition coefficient (Wildman–Crippen LogP) is 5.36. The molecule has 1 aliphatic carbocycles. The molecule has 2 aromatic carbocycles. The van der Waals surface area contributed by atoms with Gasteiger partial charge in [0.05, 0.1) is 5.56 Å². The van der Waals surface area contributed by atoms with Crippen LogP contribution in [0.2, 0.25) is 0 Å². The van der Waals surface area contributed by atoms with Gasteiger partial charge in [-0.3, -0.25) is 4.79 Å². The second-order valence-electron chi connectivity index (χ2n) is 7.53. The minimum absolute atomic E-state index is 0.153. The van der Waals surface area contributed by atoms with Crippen LogP contribution in [-0.4, -0.2) is 30.5 Å². The first-order chi connectivity index (χ1) is 13.7. The maximum absolute atomic E-state index is 13.7. The number of alkyl halides is 3. The van der Waals surface area contributed by atoms with Gasteiger partial charge in [0.1, 0.15) is 0 Å². The van der Waals surface area contributed by atoms with E-state index in [0.29, 0.717) is 11.1 Å². The molecule has 0 N–H and O–H groups in total. The zero-order valence-electron chi connectivity index (χ0n) is 16.9. The van der Waals surface area contributed by atoms with Crippen LogP contribution in [0.4, 0.5) is 13.2 Å². The first kappa shape index (κ1) is 21.4. The van der Waals surface area contributed by atoms with E-state index in [9.17, 15) is 18.0 Å². The molecule has 1 aliphatic rings. The lowest BCUT2D eigenvalue weighted by molar-refractivity contribution is -0.162. The van der Waals surface area contributed by atoms with Gasteiger partial charge < -0.3 is 9.64 Å². The number of carbonyl (C=O) groups excluding carboxylic acids is 1. The summed E-state index contributed by atoms with van der Waals surface area (Å²) >= 11 is 0. The third-order valence-electron chi connectivity index (χ3n) is 5.63. The van der Waals surface area contributed by atoms with Gasteiger partial charge in [0.15, 0.2) is 5.60 Å². The van der Waals surface area contributed by atoms with Crippen molar-refractivity contribution < 1.29 is 22.7 Å². The van der Waals surface area contributed by atoms with Crippen LogP contribution in [0.3, 0.4) is 0 Å². The number of nitrogens with zero attached hydrogens (tertiary/aromatic N) is 1. The number of benzene rings is 2. The highest BCUT2D eigenvalue weighted by molar-refractivity contribution is 5.88. The second kappa shape index (κ2) is 8.19. The Morgan fingerprint density at radius 3 is 2.28 bits per heavy atom. The van der Waals surface area contributed by atoms with Crippen molar-refractivity contribution >= 4 is 5.91 Å². The number of amides is 1. The molecule has 0 saturated heterocycles. The molecule has 156 valence electrons. The molecule has 0 bridgehead atoms. The highest BCUT2D eigenvalue weighted by Crippen LogP contribution is 2.44. The van der Waals surface area contributed by atoms with Gasteiger partial charge in [0.25, 0.3) is 5.91 Å². The Balaban J connectivity index is 2.14. The monoisotopic (exact) mass is 405 g/mol. The summed E-state index contributed by atoms with van der Waals surface area (Å²) in [5.41, 5.74) is -1.08. The lowest BCUT2D eigenvalue weighted by Crippen LogP contribution is -2.51. The molecule has 0 heterocycles. The highest BCUT2D eigenvalue weighted by Gasteiger charge is 2.50. The second-order valence-corrected chi connectivity index (χ2v) is 7.53. The number of carbonyl (C=O) groups is 1. The molecule has 2 aromatic rings. The van der Waals surface area contributed by atoms with Crippen LogP contribution in [0.25, 0.3) is 0 Å². The summed E-state index contributed by atoms with van der Waals surface area (Å²) in [5, 5.41) is 0. The smallest absolute Gasteiger partial charge is 0.360 e. The molecule has 0 spiro atoms.